The normalized spacial score (nSPS) is 13.5. The number of hydrogen-bond acceptors (Lipinski definition) is 3. The van der Waals surface area contributed by atoms with E-state index in [-0.39, 0.29) is 12.3 Å². The van der Waals surface area contributed by atoms with Crippen molar-refractivity contribution in [2.45, 2.75) is 38.8 Å². The van der Waals surface area contributed by atoms with E-state index in [4.69, 9.17) is 10.8 Å². The predicted octanol–water partition coefficient (Wildman–Crippen LogP) is -0.297. The summed E-state index contributed by atoms with van der Waals surface area (Å²) in [6, 6.07) is -0.866. The van der Waals surface area contributed by atoms with Crippen LogP contribution in [0, 0.1) is 0 Å². The van der Waals surface area contributed by atoms with Gasteiger partial charge in [-0.05, 0) is 20.8 Å². The van der Waals surface area contributed by atoms with Crippen molar-refractivity contribution in [3.63, 3.8) is 0 Å². The van der Waals surface area contributed by atoms with Gasteiger partial charge in [-0.2, -0.15) is 0 Å². The van der Waals surface area contributed by atoms with Crippen LogP contribution in [0.25, 0.3) is 0 Å². The fourth-order valence-corrected chi connectivity index (χ4v) is 0.768. The quantitative estimate of drug-likeness (QED) is 0.565. The monoisotopic (exact) mass is 188 g/mol. The Labute approximate surface area is 77.3 Å². The summed E-state index contributed by atoms with van der Waals surface area (Å²) in [5, 5.41) is 10.8. The van der Waals surface area contributed by atoms with E-state index in [0.717, 1.165) is 0 Å². The van der Waals surface area contributed by atoms with Crippen LogP contribution in [0.4, 0.5) is 0 Å². The van der Waals surface area contributed by atoms with E-state index in [1.807, 2.05) is 0 Å². The minimum atomic E-state index is -1.05. The van der Waals surface area contributed by atoms with E-state index >= 15 is 0 Å². The van der Waals surface area contributed by atoms with Crippen molar-refractivity contribution >= 4 is 11.9 Å². The maximum Gasteiger partial charge on any atom is 0.325 e. The average Bonchev–Trinajstić information content (AvgIpc) is 1.81. The van der Waals surface area contributed by atoms with Crippen molar-refractivity contribution < 1.29 is 14.7 Å². The standard InChI is InChI=1S/C8H16N2O3/c1-5(7(12)13)10-6(11)4-8(2,3)9/h5H,4,9H2,1-3H3,(H,10,11)(H,12,13)/t5-/m0/s1. The third kappa shape index (κ3) is 6.10. The average molecular weight is 188 g/mol. The van der Waals surface area contributed by atoms with Crippen LogP contribution in [0.3, 0.4) is 0 Å². The van der Waals surface area contributed by atoms with Crippen LogP contribution < -0.4 is 11.1 Å². The number of carboxylic acid groups (broad SMARTS) is 1. The highest BCUT2D eigenvalue weighted by atomic mass is 16.4. The van der Waals surface area contributed by atoms with Gasteiger partial charge in [-0.25, -0.2) is 0 Å². The molecule has 13 heavy (non-hydrogen) atoms. The Bertz CT molecular complexity index is 208. The molecule has 0 heterocycles. The number of nitrogens with one attached hydrogen (secondary N) is 1. The van der Waals surface area contributed by atoms with E-state index < -0.39 is 17.6 Å². The van der Waals surface area contributed by atoms with Crippen LogP contribution in [-0.2, 0) is 9.59 Å². The minimum absolute atomic E-state index is 0.116. The van der Waals surface area contributed by atoms with Crippen molar-refractivity contribution in [2.24, 2.45) is 5.73 Å². The van der Waals surface area contributed by atoms with Crippen molar-refractivity contribution in [3.8, 4) is 0 Å². The first-order valence-corrected chi connectivity index (χ1v) is 4.03. The van der Waals surface area contributed by atoms with Crippen LogP contribution in [0.15, 0.2) is 0 Å². The smallest absolute Gasteiger partial charge is 0.325 e. The Balaban J connectivity index is 3.96. The Hall–Kier alpha value is -1.10. The van der Waals surface area contributed by atoms with Crippen molar-refractivity contribution in [1.82, 2.24) is 5.32 Å². The molecule has 5 nitrogen and oxygen atoms in total. The molecule has 0 aromatic heterocycles. The number of rotatable bonds is 4. The summed E-state index contributed by atoms with van der Waals surface area (Å²) in [6.07, 6.45) is 0.116. The zero-order valence-electron chi connectivity index (χ0n) is 8.13. The van der Waals surface area contributed by atoms with Crippen LogP contribution in [-0.4, -0.2) is 28.6 Å². The summed E-state index contributed by atoms with van der Waals surface area (Å²) in [7, 11) is 0. The first-order chi connectivity index (χ1) is 5.72. The van der Waals surface area contributed by atoms with E-state index in [1.54, 1.807) is 13.8 Å². The van der Waals surface area contributed by atoms with Gasteiger partial charge < -0.3 is 16.2 Å². The molecule has 0 spiro atoms. The first-order valence-electron chi connectivity index (χ1n) is 4.03. The van der Waals surface area contributed by atoms with Gasteiger partial charge in [0.05, 0.1) is 0 Å². The number of hydrogen-bond donors (Lipinski definition) is 3. The lowest BCUT2D eigenvalue weighted by Gasteiger charge is -2.18. The summed E-state index contributed by atoms with van der Waals surface area (Å²) in [5.74, 6) is -1.40. The van der Waals surface area contributed by atoms with Gasteiger partial charge in [0.1, 0.15) is 6.04 Å². The number of carbonyl (C=O) groups excluding carboxylic acids is 1. The molecule has 0 saturated heterocycles. The molecule has 0 aliphatic carbocycles. The van der Waals surface area contributed by atoms with E-state index in [0.29, 0.717) is 0 Å². The Kier molecular flexibility index (Phi) is 3.87. The second-order valence-electron chi connectivity index (χ2n) is 3.79. The van der Waals surface area contributed by atoms with Gasteiger partial charge in [-0.3, -0.25) is 9.59 Å². The number of carbonyl (C=O) groups is 2. The lowest BCUT2D eigenvalue weighted by Crippen LogP contribution is -2.44. The highest BCUT2D eigenvalue weighted by Crippen LogP contribution is 2.02. The fraction of sp³-hybridized carbons (Fsp3) is 0.750. The molecule has 0 aliphatic heterocycles. The maximum absolute atomic E-state index is 11.1. The molecule has 0 rings (SSSR count). The molecule has 5 heteroatoms. The maximum atomic E-state index is 11.1. The van der Waals surface area contributed by atoms with Crippen molar-refractivity contribution in [1.29, 1.82) is 0 Å². The summed E-state index contributed by atoms with van der Waals surface area (Å²) in [4.78, 5) is 21.5. The van der Waals surface area contributed by atoms with Gasteiger partial charge in [-0.1, -0.05) is 0 Å². The van der Waals surface area contributed by atoms with E-state index in [9.17, 15) is 9.59 Å². The predicted molar refractivity (Wildman–Crippen MR) is 48.1 cm³/mol. The number of amides is 1. The number of carboxylic acids is 1. The molecular weight excluding hydrogens is 172 g/mol. The van der Waals surface area contributed by atoms with E-state index in [2.05, 4.69) is 5.32 Å². The third-order valence-corrected chi connectivity index (χ3v) is 1.36. The molecule has 0 aromatic rings. The van der Waals surface area contributed by atoms with Crippen molar-refractivity contribution in [2.75, 3.05) is 0 Å². The Morgan fingerprint density at radius 2 is 2.00 bits per heavy atom. The largest absolute Gasteiger partial charge is 0.480 e. The molecule has 0 bridgehead atoms. The first kappa shape index (κ1) is 11.9. The van der Waals surface area contributed by atoms with Gasteiger partial charge in [0, 0.05) is 12.0 Å². The van der Waals surface area contributed by atoms with Crippen LogP contribution >= 0.6 is 0 Å². The SMILES string of the molecule is C[C@H](NC(=O)CC(C)(C)N)C(=O)O. The summed E-state index contributed by atoms with van der Waals surface area (Å²) < 4.78 is 0. The number of aliphatic carboxylic acids is 1. The summed E-state index contributed by atoms with van der Waals surface area (Å²) in [5.41, 5.74) is 4.97. The summed E-state index contributed by atoms with van der Waals surface area (Å²) in [6.45, 7) is 4.82. The molecule has 0 aliphatic rings. The van der Waals surface area contributed by atoms with Gasteiger partial charge in [0.15, 0.2) is 0 Å². The molecule has 1 atom stereocenters. The molecule has 4 N–H and O–H groups in total. The second-order valence-corrected chi connectivity index (χ2v) is 3.79. The topological polar surface area (TPSA) is 92.4 Å². The Morgan fingerprint density at radius 3 is 2.31 bits per heavy atom. The number of nitrogens with two attached hydrogens (primary N) is 1. The van der Waals surface area contributed by atoms with Gasteiger partial charge in [0.25, 0.3) is 0 Å². The fourth-order valence-electron chi connectivity index (χ4n) is 0.768. The zero-order chi connectivity index (χ0) is 10.6. The van der Waals surface area contributed by atoms with Gasteiger partial charge in [0.2, 0.25) is 5.91 Å². The molecule has 1 amide bonds. The van der Waals surface area contributed by atoms with Crippen LogP contribution in [0.2, 0.25) is 0 Å². The van der Waals surface area contributed by atoms with Crippen LogP contribution in [0.1, 0.15) is 27.2 Å². The highest BCUT2D eigenvalue weighted by Gasteiger charge is 2.19. The molecule has 0 unspecified atom stereocenters. The molecule has 0 radical (unpaired) electrons. The van der Waals surface area contributed by atoms with Crippen LogP contribution in [0.5, 0.6) is 0 Å². The molecule has 0 saturated carbocycles. The minimum Gasteiger partial charge on any atom is -0.480 e. The lowest BCUT2D eigenvalue weighted by atomic mass is 10.0. The summed E-state index contributed by atoms with van der Waals surface area (Å²) >= 11 is 0. The molecule has 76 valence electrons. The van der Waals surface area contributed by atoms with Gasteiger partial charge in [-0.15, -0.1) is 0 Å². The highest BCUT2D eigenvalue weighted by molar-refractivity contribution is 5.83. The van der Waals surface area contributed by atoms with Gasteiger partial charge >= 0.3 is 5.97 Å². The van der Waals surface area contributed by atoms with E-state index in [1.165, 1.54) is 6.92 Å². The van der Waals surface area contributed by atoms with Crippen molar-refractivity contribution in [3.05, 3.63) is 0 Å². The molecule has 0 fully saturated rings. The third-order valence-electron chi connectivity index (χ3n) is 1.36. The Morgan fingerprint density at radius 1 is 1.54 bits per heavy atom. The second kappa shape index (κ2) is 4.23. The lowest BCUT2D eigenvalue weighted by molar-refractivity contribution is -0.141. The molecule has 0 aromatic carbocycles. The zero-order valence-corrected chi connectivity index (χ0v) is 8.13. The molecular formula is C8H16N2O3.